The standard InChI is InChI=1S/C46H55N5O8S/c1-46(2,3)32-28-39(44(57-5)40(29-32)50-60(6,54)55)49-45(53)48-38-17-18-42(36-13-8-7-12-35(36)38)59-34-19-20-47-33(30-34)26-31-15-16-37(43(27-31)56-4)41(52)14-9-10-21-51-22-11-24-58-25-23-51/h7-8,12-13,15-20,27-30,50H,9-11,14,21-26H2,1-6H3,(H2,48,49,53). The minimum Gasteiger partial charge on any atom is -0.496 e. The zero-order chi connectivity index (χ0) is 42.9. The zero-order valence-electron chi connectivity index (χ0n) is 35.2. The number of hydrogen-bond donors (Lipinski definition) is 3. The van der Waals surface area contributed by atoms with Crippen LogP contribution in [-0.2, 0) is 26.6 Å². The lowest BCUT2D eigenvalue weighted by Gasteiger charge is -2.24. The molecule has 4 aromatic carbocycles. The summed E-state index contributed by atoms with van der Waals surface area (Å²) in [6, 6.07) is 23.4. The summed E-state index contributed by atoms with van der Waals surface area (Å²) in [4.78, 5) is 33.7. The summed E-state index contributed by atoms with van der Waals surface area (Å²) in [7, 11) is -0.642. The average molecular weight is 838 g/mol. The summed E-state index contributed by atoms with van der Waals surface area (Å²) in [6.07, 6.45) is 6.55. The van der Waals surface area contributed by atoms with Crippen molar-refractivity contribution in [2.45, 2.75) is 58.3 Å². The minimum atomic E-state index is -3.64. The van der Waals surface area contributed by atoms with Crippen molar-refractivity contribution < 1.29 is 37.0 Å². The third-order valence-electron chi connectivity index (χ3n) is 10.2. The summed E-state index contributed by atoms with van der Waals surface area (Å²) in [6.45, 7) is 10.5. The largest absolute Gasteiger partial charge is 0.496 e. The number of rotatable bonds is 16. The number of hydrogen-bond acceptors (Lipinski definition) is 10. The number of benzene rings is 4. The Morgan fingerprint density at radius 1 is 0.833 bits per heavy atom. The van der Waals surface area contributed by atoms with Crippen molar-refractivity contribution in [3.05, 3.63) is 107 Å². The number of methoxy groups -OCH3 is 2. The first kappa shape index (κ1) is 43.9. The van der Waals surface area contributed by atoms with Crippen LogP contribution < -0.4 is 29.6 Å². The van der Waals surface area contributed by atoms with Crippen LogP contribution in [0.2, 0.25) is 0 Å². The topological polar surface area (TPSA) is 157 Å². The summed E-state index contributed by atoms with van der Waals surface area (Å²) in [5.74, 6) is 1.96. The first-order valence-corrected chi connectivity index (χ1v) is 22.0. The van der Waals surface area contributed by atoms with Crippen LogP contribution in [0, 0.1) is 0 Å². The second kappa shape index (κ2) is 19.6. The Labute approximate surface area is 352 Å². The quantitative estimate of drug-likeness (QED) is 0.0647. The number of carbonyl (C=O) groups is 2. The van der Waals surface area contributed by atoms with Crippen LogP contribution in [0.4, 0.5) is 21.9 Å². The third kappa shape index (κ3) is 11.7. The van der Waals surface area contributed by atoms with Crippen molar-refractivity contribution in [2.24, 2.45) is 0 Å². The number of sulfonamides is 1. The van der Waals surface area contributed by atoms with Crippen LogP contribution in [0.25, 0.3) is 10.8 Å². The van der Waals surface area contributed by atoms with Crippen LogP contribution in [-0.4, -0.2) is 83.4 Å². The highest BCUT2D eigenvalue weighted by Gasteiger charge is 2.23. The fourth-order valence-electron chi connectivity index (χ4n) is 7.20. The van der Waals surface area contributed by atoms with Gasteiger partial charge in [0.25, 0.3) is 0 Å². The minimum absolute atomic E-state index is 0.0735. The van der Waals surface area contributed by atoms with E-state index in [4.69, 9.17) is 18.9 Å². The van der Waals surface area contributed by atoms with Crippen LogP contribution in [0.15, 0.2) is 85.1 Å². The van der Waals surface area contributed by atoms with Gasteiger partial charge in [0.2, 0.25) is 10.0 Å². The molecule has 5 aromatic rings. The Kier molecular flexibility index (Phi) is 14.3. The number of aromatic nitrogens is 1. The van der Waals surface area contributed by atoms with E-state index >= 15 is 0 Å². The Bertz CT molecular complexity index is 2420. The molecule has 0 atom stereocenters. The molecule has 13 nitrogen and oxygen atoms in total. The number of ketones is 1. The second-order valence-corrected chi connectivity index (χ2v) is 17.7. The van der Waals surface area contributed by atoms with E-state index in [2.05, 4.69) is 25.2 Å². The predicted octanol–water partition coefficient (Wildman–Crippen LogP) is 9.02. The molecule has 1 fully saturated rings. The number of carbonyl (C=O) groups excluding carboxylic acids is 2. The molecule has 1 saturated heterocycles. The number of amides is 2. The summed E-state index contributed by atoms with van der Waals surface area (Å²) in [5, 5.41) is 7.30. The van der Waals surface area contributed by atoms with Gasteiger partial charge in [0.05, 0.1) is 49.7 Å². The van der Waals surface area contributed by atoms with Gasteiger partial charge in [0.1, 0.15) is 17.2 Å². The van der Waals surface area contributed by atoms with Gasteiger partial charge in [-0.3, -0.25) is 14.5 Å². The van der Waals surface area contributed by atoms with Crippen LogP contribution in [0.5, 0.6) is 23.0 Å². The van der Waals surface area contributed by atoms with Crippen molar-refractivity contribution in [2.75, 3.05) is 68.7 Å². The van der Waals surface area contributed by atoms with Gasteiger partial charge in [0, 0.05) is 61.3 Å². The molecule has 2 amide bonds. The molecule has 0 aliphatic carbocycles. The molecule has 0 bridgehead atoms. The van der Waals surface area contributed by atoms with Crippen LogP contribution in [0.1, 0.15) is 73.6 Å². The van der Waals surface area contributed by atoms with E-state index in [9.17, 15) is 18.0 Å². The zero-order valence-corrected chi connectivity index (χ0v) is 36.0. The number of fused-ring (bicyclic) bond motifs is 1. The van der Waals surface area contributed by atoms with E-state index in [1.807, 2.05) is 69.3 Å². The summed E-state index contributed by atoms with van der Waals surface area (Å²) in [5.41, 5.74) is 3.78. The maximum Gasteiger partial charge on any atom is 0.323 e. The smallest absolute Gasteiger partial charge is 0.323 e. The van der Waals surface area contributed by atoms with Gasteiger partial charge in [-0.25, -0.2) is 13.2 Å². The first-order chi connectivity index (χ1) is 28.7. The number of anilines is 3. The molecule has 1 aliphatic heterocycles. The number of Topliss-reactive ketones (excluding diaryl/α,β-unsaturated/α-hetero) is 1. The fraction of sp³-hybridized carbons (Fsp3) is 0.370. The molecule has 60 heavy (non-hydrogen) atoms. The fourth-order valence-corrected chi connectivity index (χ4v) is 7.75. The van der Waals surface area contributed by atoms with Gasteiger partial charge in [-0.15, -0.1) is 0 Å². The highest BCUT2D eigenvalue weighted by Crippen LogP contribution is 2.40. The normalized spacial score (nSPS) is 13.6. The molecule has 0 saturated carbocycles. The van der Waals surface area contributed by atoms with Gasteiger partial charge in [0.15, 0.2) is 11.5 Å². The van der Waals surface area contributed by atoms with E-state index in [0.29, 0.717) is 47.0 Å². The van der Waals surface area contributed by atoms with E-state index in [0.717, 1.165) is 86.0 Å². The van der Waals surface area contributed by atoms with Crippen LogP contribution in [0.3, 0.4) is 0 Å². The van der Waals surface area contributed by atoms with E-state index in [-0.39, 0.29) is 22.6 Å². The highest BCUT2D eigenvalue weighted by molar-refractivity contribution is 7.92. The van der Waals surface area contributed by atoms with E-state index in [1.165, 1.54) is 7.11 Å². The number of unbranched alkanes of at least 4 members (excludes halogenated alkanes) is 1. The van der Waals surface area contributed by atoms with Crippen molar-refractivity contribution in [3.8, 4) is 23.0 Å². The van der Waals surface area contributed by atoms with Crippen molar-refractivity contribution >= 4 is 49.7 Å². The molecular weight excluding hydrogens is 783 g/mol. The van der Waals surface area contributed by atoms with Gasteiger partial charge in [-0.2, -0.15) is 0 Å². The van der Waals surface area contributed by atoms with Crippen LogP contribution >= 0.6 is 0 Å². The number of urea groups is 1. The number of nitrogens with one attached hydrogen (secondary N) is 3. The molecule has 1 aromatic heterocycles. The predicted molar refractivity (Wildman–Crippen MR) is 237 cm³/mol. The monoisotopic (exact) mass is 837 g/mol. The molecule has 14 heteroatoms. The van der Waals surface area contributed by atoms with Gasteiger partial charge >= 0.3 is 6.03 Å². The molecular formula is C46H55N5O8S. The Hall–Kier alpha value is -5.70. The van der Waals surface area contributed by atoms with Crippen molar-refractivity contribution in [3.63, 3.8) is 0 Å². The molecule has 318 valence electrons. The molecule has 6 rings (SSSR count). The lowest BCUT2D eigenvalue weighted by Crippen LogP contribution is -2.27. The van der Waals surface area contributed by atoms with Gasteiger partial charge < -0.3 is 34.5 Å². The Morgan fingerprint density at radius 2 is 1.60 bits per heavy atom. The molecule has 0 spiro atoms. The summed E-state index contributed by atoms with van der Waals surface area (Å²) < 4.78 is 50.1. The lowest BCUT2D eigenvalue weighted by atomic mass is 9.86. The Morgan fingerprint density at radius 3 is 2.35 bits per heavy atom. The van der Waals surface area contributed by atoms with E-state index < -0.39 is 16.1 Å². The maximum atomic E-state index is 13.5. The average Bonchev–Trinajstić information content (AvgIpc) is 3.48. The number of pyridine rings is 1. The molecule has 0 unspecified atom stereocenters. The van der Waals surface area contributed by atoms with E-state index in [1.54, 1.807) is 43.6 Å². The molecule has 3 N–H and O–H groups in total. The molecule has 2 heterocycles. The third-order valence-corrected chi connectivity index (χ3v) is 10.8. The Balaban J connectivity index is 1.13. The van der Waals surface area contributed by atoms with Crippen molar-refractivity contribution in [1.82, 2.24) is 9.88 Å². The number of ether oxygens (including phenoxy) is 4. The van der Waals surface area contributed by atoms with Gasteiger partial charge in [-0.1, -0.05) is 51.1 Å². The SMILES string of the molecule is COc1cc(Cc2cc(Oc3ccc(NC(=O)Nc4cc(C(C)(C)C)cc(NS(C)(=O)=O)c4OC)c4ccccc34)ccn2)ccc1C(=O)CCCCN1CCCOCC1. The molecule has 1 aliphatic rings. The number of nitrogens with zero attached hydrogens (tertiary/aromatic N) is 2. The highest BCUT2D eigenvalue weighted by atomic mass is 32.2. The van der Waals surface area contributed by atoms with Gasteiger partial charge in [-0.05, 0) is 84.8 Å². The second-order valence-electron chi connectivity index (χ2n) is 15.9. The maximum absolute atomic E-state index is 13.5. The summed E-state index contributed by atoms with van der Waals surface area (Å²) >= 11 is 0. The van der Waals surface area contributed by atoms with Crippen molar-refractivity contribution in [1.29, 1.82) is 0 Å². The lowest BCUT2D eigenvalue weighted by molar-refractivity contribution is 0.0974. The molecule has 0 radical (unpaired) electrons. The first-order valence-electron chi connectivity index (χ1n) is 20.1.